The van der Waals surface area contributed by atoms with Gasteiger partial charge in [-0.3, -0.25) is 0 Å². The van der Waals surface area contributed by atoms with E-state index in [9.17, 15) is 17.6 Å². The Balaban J connectivity index is 2.74. The van der Waals surface area contributed by atoms with Crippen LogP contribution in [0.25, 0.3) is 6.08 Å². The predicted molar refractivity (Wildman–Crippen MR) is 49.5 cm³/mol. The van der Waals surface area contributed by atoms with Crippen molar-refractivity contribution in [1.82, 2.24) is 0 Å². The maximum Gasteiger partial charge on any atom is 0.407 e. The average molecular weight is 219 g/mol. The van der Waals surface area contributed by atoms with Gasteiger partial charge in [-0.25, -0.2) is 4.39 Å². The Labute approximate surface area is 84.2 Å². The van der Waals surface area contributed by atoms with Crippen molar-refractivity contribution in [3.05, 3.63) is 41.7 Å². The van der Waals surface area contributed by atoms with Crippen molar-refractivity contribution in [3.63, 3.8) is 0 Å². The lowest BCUT2D eigenvalue weighted by molar-refractivity contribution is -0.136. The molecule has 1 aromatic carbocycles. The quantitative estimate of drug-likeness (QED) is 0.760. The molecule has 0 aliphatic rings. The molecule has 0 saturated heterocycles. The molecule has 1 atom stereocenters. The first-order valence-electron chi connectivity index (χ1n) is 4.15. The van der Waals surface area contributed by atoms with Crippen molar-refractivity contribution in [1.29, 1.82) is 0 Å². The molecule has 0 spiro atoms. The molecule has 5 heteroatoms. The summed E-state index contributed by atoms with van der Waals surface area (Å²) in [6.07, 6.45) is -2.54. The summed E-state index contributed by atoms with van der Waals surface area (Å²) in [7, 11) is 0. The number of rotatable bonds is 2. The summed E-state index contributed by atoms with van der Waals surface area (Å²) >= 11 is 0. The summed E-state index contributed by atoms with van der Waals surface area (Å²) in [5, 5.41) is 0. The molecule has 0 aliphatic heterocycles. The molecule has 1 aromatic rings. The SMILES string of the molecule is N[C@@H](C=Cc1cccc(F)c1)C(F)(F)F. The molecule has 0 fully saturated rings. The molecule has 0 saturated carbocycles. The second-order valence-corrected chi connectivity index (χ2v) is 2.98. The minimum atomic E-state index is -4.47. The third-order valence-corrected chi connectivity index (χ3v) is 1.72. The van der Waals surface area contributed by atoms with E-state index in [-0.39, 0.29) is 0 Å². The molecule has 2 N–H and O–H groups in total. The summed E-state index contributed by atoms with van der Waals surface area (Å²) < 4.78 is 48.6. The van der Waals surface area contributed by atoms with Crippen LogP contribution in [-0.2, 0) is 0 Å². The lowest BCUT2D eigenvalue weighted by atomic mass is 10.1. The Kier molecular flexibility index (Phi) is 3.47. The van der Waals surface area contributed by atoms with E-state index in [1.807, 2.05) is 0 Å². The van der Waals surface area contributed by atoms with Crippen molar-refractivity contribution in [2.75, 3.05) is 0 Å². The van der Waals surface area contributed by atoms with Crippen LogP contribution < -0.4 is 5.73 Å². The zero-order chi connectivity index (χ0) is 11.5. The summed E-state index contributed by atoms with van der Waals surface area (Å²) in [6.45, 7) is 0. The first kappa shape index (κ1) is 11.7. The molecular weight excluding hydrogens is 210 g/mol. The molecule has 1 rings (SSSR count). The highest BCUT2D eigenvalue weighted by molar-refractivity contribution is 5.49. The van der Waals surface area contributed by atoms with Crippen molar-refractivity contribution in [2.45, 2.75) is 12.2 Å². The van der Waals surface area contributed by atoms with Crippen molar-refractivity contribution < 1.29 is 17.6 Å². The Morgan fingerprint density at radius 2 is 1.93 bits per heavy atom. The molecule has 15 heavy (non-hydrogen) atoms. The van der Waals surface area contributed by atoms with E-state index in [2.05, 4.69) is 0 Å². The number of hydrogen-bond acceptors (Lipinski definition) is 1. The van der Waals surface area contributed by atoms with Crippen LogP contribution in [0.4, 0.5) is 17.6 Å². The minimum Gasteiger partial charge on any atom is -0.317 e. The topological polar surface area (TPSA) is 26.0 Å². The lowest BCUT2D eigenvalue weighted by Gasteiger charge is -2.10. The van der Waals surface area contributed by atoms with Gasteiger partial charge in [-0.15, -0.1) is 0 Å². The molecule has 0 radical (unpaired) electrons. The molecule has 1 nitrogen and oxygen atoms in total. The fourth-order valence-corrected chi connectivity index (χ4v) is 0.934. The van der Waals surface area contributed by atoms with Gasteiger partial charge in [0.2, 0.25) is 0 Å². The fraction of sp³-hybridized carbons (Fsp3) is 0.200. The number of benzene rings is 1. The van der Waals surface area contributed by atoms with Crippen LogP contribution in [0.2, 0.25) is 0 Å². The smallest absolute Gasteiger partial charge is 0.317 e. The van der Waals surface area contributed by atoms with E-state index < -0.39 is 18.0 Å². The normalized spacial score (nSPS) is 14.5. The Hall–Kier alpha value is -1.36. The van der Waals surface area contributed by atoms with Gasteiger partial charge in [0.1, 0.15) is 11.9 Å². The zero-order valence-electron chi connectivity index (χ0n) is 7.63. The van der Waals surface area contributed by atoms with Gasteiger partial charge >= 0.3 is 6.18 Å². The molecular formula is C10H9F4N. The lowest BCUT2D eigenvalue weighted by Crippen LogP contribution is -2.35. The highest BCUT2D eigenvalue weighted by atomic mass is 19.4. The Morgan fingerprint density at radius 1 is 1.27 bits per heavy atom. The third-order valence-electron chi connectivity index (χ3n) is 1.72. The fourth-order valence-electron chi connectivity index (χ4n) is 0.934. The van der Waals surface area contributed by atoms with E-state index in [1.54, 1.807) is 0 Å². The number of hydrogen-bond donors (Lipinski definition) is 1. The first-order chi connectivity index (χ1) is 6.89. The Bertz CT molecular complexity index is 357. The molecule has 0 aliphatic carbocycles. The number of halogens is 4. The highest BCUT2D eigenvalue weighted by Gasteiger charge is 2.34. The van der Waals surface area contributed by atoms with E-state index in [1.165, 1.54) is 18.2 Å². The molecule has 82 valence electrons. The van der Waals surface area contributed by atoms with E-state index in [0.717, 1.165) is 18.2 Å². The van der Waals surface area contributed by atoms with Crippen LogP contribution in [0.5, 0.6) is 0 Å². The summed E-state index contributed by atoms with van der Waals surface area (Å²) in [4.78, 5) is 0. The monoisotopic (exact) mass is 219 g/mol. The van der Waals surface area contributed by atoms with Crippen LogP contribution in [0.15, 0.2) is 30.3 Å². The predicted octanol–water partition coefficient (Wildman–Crippen LogP) is 2.73. The third kappa shape index (κ3) is 3.71. The zero-order valence-corrected chi connectivity index (χ0v) is 7.63. The molecule has 0 bridgehead atoms. The van der Waals surface area contributed by atoms with Crippen molar-refractivity contribution in [3.8, 4) is 0 Å². The van der Waals surface area contributed by atoms with Gasteiger partial charge in [-0.1, -0.05) is 24.3 Å². The van der Waals surface area contributed by atoms with Gasteiger partial charge in [-0.05, 0) is 17.7 Å². The molecule has 0 aromatic heterocycles. The summed E-state index contributed by atoms with van der Waals surface area (Å²) in [5.74, 6) is -0.502. The van der Waals surface area contributed by atoms with Crippen molar-refractivity contribution >= 4 is 6.08 Å². The van der Waals surface area contributed by atoms with E-state index in [4.69, 9.17) is 5.73 Å². The van der Waals surface area contributed by atoms with Gasteiger partial charge in [-0.2, -0.15) is 13.2 Å². The average Bonchev–Trinajstić information content (AvgIpc) is 2.12. The maximum atomic E-state index is 12.6. The van der Waals surface area contributed by atoms with Crippen LogP contribution in [0.1, 0.15) is 5.56 Å². The first-order valence-corrected chi connectivity index (χ1v) is 4.15. The standard InChI is InChI=1S/C10H9F4N/c11-8-3-1-2-7(6-8)4-5-9(15)10(12,13)14/h1-6,9H,15H2/t9-/m0/s1. The van der Waals surface area contributed by atoms with Gasteiger partial charge < -0.3 is 5.73 Å². The molecule has 0 amide bonds. The minimum absolute atomic E-state index is 0.342. The van der Waals surface area contributed by atoms with Gasteiger partial charge in [0, 0.05) is 0 Å². The Morgan fingerprint density at radius 3 is 2.47 bits per heavy atom. The maximum absolute atomic E-state index is 12.6. The van der Waals surface area contributed by atoms with Crippen LogP contribution >= 0.6 is 0 Å². The van der Waals surface area contributed by atoms with E-state index in [0.29, 0.717) is 5.56 Å². The molecule has 0 unspecified atom stereocenters. The largest absolute Gasteiger partial charge is 0.407 e. The second kappa shape index (κ2) is 4.44. The van der Waals surface area contributed by atoms with Gasteiger partial charge in [0.15, 0.2) is 0 Å². The van der Waals surface area contributed by atoms with Crippen LogP contribution in [0.3, 0.4) is 0 Å². The van der Waals surface area contributed by atoms with Crippen molar-refractivity contribution in [2.24, 2.45) is 5.73 Å². The summed E-state index contributed by atoms with van der Waals surface area (Å²) in [6, 6.07) is 3.21. The van der Waals surface area contributed by atoms with Crippen LogP contribution in [0, 0.1) is 5.82 Å². The van der Waals surface area contributed by atoms with Crippen LogP contribution in [-0.4, -0.2) is 12.2 Å². The highest BCUT2D eigenvalue weighted by Crippen LogP contribution is 2.19. The van der Waals surface area contributed by atoms with Gasteiger partial charge in [0.05, 0.1) is 0 Å². The number of alkyl halides is 3. The van der Waals surface area contributed by atoms with E-state index >= 15 is 0 Å². The summed E-state index contributed by atoms with van der Waals surface area (Å²) in [5.41, 5.74) is 5.17. The van der Waals surface area contributed by atoms with Gasteiger partial charge in [0.25, 0.3) is 0 Å². The second-order valence-electron chi connectivity index (χ2n) is 2.98. The molecule has 0 heterocycles. The number of nitrogens with two attached hydrogens (primary N) is 1.